The lowest BCUT2D eigenvalue weighted by atomic mass is 10.0. The Labute approximate surface area is 396 Å². The first kappa shape index (κ1) is 61.1. The lowest BCUT2D eigenvalue weighted by molar-refractivity contribution is -0.167. The van der Waals surface area contributed by atoms with Crippen LogP contribution in [0.2, 0.25) is 0 Å². The van der Waals surface area contributed by atoms with E-state index in [1.54, 1.807) is 0 Å². The zero-order chi connectivity index (χ0) is 46.5. The van der Waals surface area contributed by atoms with Gasteiger partial charge < -0.3 is 14.2 Å². The van der Waals surface area contributed by atoms with Crippen LogP contribution in [-0.4, -0.2) is 37.2 Å². The molecule has 0 N–H and O–H groups in total. The highest BCUT2D eigenvalue weighted by Gasteiger charge is 2.19. The van der Waals surface area contributed by atoms with Gasteiger partial charge in [0.25, 0.3) is 0 Å². The smallest absolute Gasteiger partial charge is 0.306 e. The van der Waals surface area contributed by atoms with Gasteiger partial charge in [0.2, 0.25) is 0 Å². The van der Waals surface area contributed by atoms with Gasteiger partial charge in [-0.05, 0) is 89.9 Å². The molecular formula is C58H102O6. The molecule has 0 aliphatic rings. The van der Waals surface area contributed by atoms with E-state index in [9.17, 15) is 14.4 Å². The molecule has 64 heavy (non-hydrogen) atoms. The SMILES string of the molecule is CCCCC/C=C\C/C=C\C/C=C\C/C=C\CCCCCC(=O)O[C@H](COC(=O)CCCCCCCCC/C=C\CCCCCC)COC(=O)CCCCCCCCCCCCCC. The molecule has 0 bridgehead atoms. The minimum atomic E-state index is -0.790. The fourth-order valence-electron chi connectivity index (χ4n) is 7.60. The Kier molecular flexibility index (Phi) is 50.4. The second-order valence-corrected chi connectivity index (χ2v) is 18.1. The van der Waals surface area contributed by atoms with Crippen LogP contribution in [0, 0.1) is 0 Å². The molecule has 0 heterocycles. The minimum absolute atomic E-state index is 0.0864. The first-order valence-electron chi connectivity index (χ1n) is 27.3. The molecule has 0 unspecified atom stereocenters. The third-order valence-corrected chi connectivity index (χ3v) is 11.7. The topological polar surface area (TPSA) is 78.9 Å². The van der Waals surface area contributed by atoms with Crippen molar-refractivity contribution < 1.29 is 28.6 Å². The number of carbonyl (C=O) groups excluding carboxylic acids is 3. The summed E-state index contributed by atoms with van der Waals surface area (Å²) in [6.07, 6.45) is 64.8. The zero-order valence-electron chi connectivity index (χ0n) is 42.3. The van der Waals surface area contributed by atoms with Gasteiger partial charge in [0.15, 0.2) is 6.10 Å². The Bertz CT molecular complexity index is 1170. The average molecular weight is 895 g/mol. The van der Waals surface area contributed by atoms with Crippen LogP contribution in [0.3, 0.4) is 0 Å². The lowest BCUT2D eigenvalue weighted by Crippen LogP contribution is -2.30. The van der Waals surface area contributed by atoms with Gasteiger partial charge >= 0.3 is 17.9 Å². The van der Waals surface area contributed by atoms with Crippen molar-refractivity contribution in [2.45, 2.75) is 277 Å². The van der Waals surface area contributed by atoms with E-state index < -0.39 is 6.10 Å². The first-order chi connectivity index (χ1) is 31.5. The number of hydrogen-bond acceptors (Lipinski definition) is 6. The van der Waals surface area contributed by atoms with Gasteiger partial charge in [-0.3, -0.25) is 14.4 Å². The Hall–Kier alpha value is -2.89. The fourth-order valence-corrected chi connectivity index (χ4v) is 7.60. The van der Waals surface area contributed by atoms with Gasteiger partial charge in [0, 0.05) is 19.3 Å². The molecule has 1 atom stereocenters. The summed E-state index contributed by atoms with van der Waals surface area (Å²) in [4.78, 5) is 38.0. The van der Waals surface area contributed by atoms with Crippen molar-refractivity contribution in [3.05, 3.63) is 60.8 Å². The van der Waals surface area contributed by atoms with E-state index in [2.05, 4.69) is 81.5 Å². The summed E-state index contributed by atoms with van der Waals surface area (Å²) in [5.41, 5.74) is 0. The van der Waals surface area contributed by atoms with Crippen LogP contribution in [0.1, 0.15) is 271 Å². The summed E-state index contributed by atoms with van der Waals surface area (Å²) in [6, 6.07) is 0. The van der Waals surface area contributed by atoms with E-state index in [1.165, 1.54) is 148 Å². The Balaban J connectivity index is 4.43. The highest BCUT2D eigenvalue weighted by Crippen LogP contribution is 2.15. The molecule has 0 amide bonds. The zero-order valence-corrected chi connectivity index (χ0v) is 42.3. The second-order valence-electron chi connectivity index (χ2n) is 18.1. The van der Waals surface area contributed by atoms with Crippen molar-refractivity contribution in [3.63, 3.8) is 0 Å². The summed E-state index contributed by atoms with van der Waals surface area (Å²) >= 11 is 0. The normalized spacial score (nSPS) is 12.5. The molecule has 0 spiro atoms. The average Bonchev–Trinajstić information content (AvgIpc) is 3.29. The first-order valence-corrected chi connectivity index (χ1v) is 27.3. The van der Waals surface area contributed by atoms with E-state index in [4.69, 9.17) is 14.2 Å². The van der Waals surface area contributed by atoms with Crippen LogP contribution in [0.5, 0.6) is 0 Å². The number of hydrogen-bond donors (Lipinski definition) is 0. The van der Waals surface area contributed by atoms with E-state index >= 15 is 0 Å². The molecule has 6 heteroatoms. The van der Waals surface area contributed by atoms with E-state index in [-0.39, 0.29) is 31.1 Å². The van der Waals surface area contributed by atoms with E-state index in [0.29, 0.717) is 19.3 Å². The molecule has 0 saturated heterocycles. The molecule has 0 rings (SSSR count). The molecule has 0 aliphatic carbocycles. The maximum atomic E-state index is 12.8. The van der Waals surface area contributed by atoms with Gasteiger partial charge in [-0.25, -0.2) is 0 Å². The minimum Gasteiger partial charge on any atom is -0.462 e. The van der Waals surface area contributed by atoms with Crippen LogP contribution >= 0.6 is 0 Å². The van der Waals surface area contributed by atoms with E-state index in [0.717, 1.165) is 83.5 Å². The molecule has 370 valence electrons. The maximum Gasteiger partial charge on any atom is 0.306 e. The molecular weight excluding hydrogens is 793 g/mol. The fraction of sp³-hybridized carbons (Fsp3) is 0.776. The predicted molar refractivity (Wildman–Crippen MR) is 275 cm³/mol. The van der Waals surface area contributed by atoms with Gasteiger partial charge in [0.05, 0.1) is 0 Å². The summed E-state index contributed by atoms with van der Waals surface area (Å²) < 4.78 is 16.8. The molecule has 0 fully saturated rings. The van der Waals surface area contributed by atoms with Gasteiger partial charge in [-0.15, -0.1) is 0 Å². The third kappa shape index (κ3) is 50.1. The highest BCUT2D eigenvalue weighted by molar-refractivity contribution is 5.71. The molecule has 0 aromatic heterocycles. The van der Waals surface area contributed by atoms with Crippen molar-refractivity contribution in [2.75, 3.05) is 13.2 Å². The molecule has 0 saturated carbocycles. The summed E-state index contributed by atoms with van der Waals surface area (Å²) in [6.45, 7) is 6.58. The Morgan fingerprint density at radius 1 is 0.312 bits per heavy atom. The molecule has 6 nitrogen and oxygen atoms in total. The third-order valence-electron chi connectivity index (χ3n) is 11.7. The maximum absolute atomic E-state index is 12.8. The molecule has 0 aromatic carbocycles. The van der Waals surface area contributed by atoms with Crippen molar-refractivity contribution in [2.24, 2.45) is 0 Å². The van der Waals surface area contributed by atoms with Gasteiger partial charge in [-0.1, -0.05) is 223 Å². The quantitative estimate of drug-likeness (QED) is 0.0262. The van der Waals surface area contributed by atoms with Gasteiger partial charge in [0.1, 0.15) is 13.2 Å². The molecule has 0 aliphatic heterocycles. The summed E-state index contributed by atoms with van der Waals surface area (Å²) in [5.74, 6) is -0.915. The second kappa shape index (κ2) is 52.7. The van der Waals surface area contributed by atoms with E-state index in [1.807, 2.05) is 0 Å². The lowest BCUT2D eigenvalue weighted by Gasteiger charge is -2.18. The van der Waals surface area contributed by atoms with Crippen LogP contribution in [0.4, 0.5) is 0 Å². The number of ether oxygens (including phenoxy) is 3. The Morgan fingerprint density at radius 3 is 0.953 bits per heavy atom. The molecule has 0 aromatic rings. The van der Waals surface area contributed by atoms with Crippen molar-refractivity contribution >= 4 is 17.9 Å². The number of carbonyl (C=O) groups is 3. The number of esters is 3. The summed E-state index contributed by atoms with van der Waals surface area (Å²) in [5, 5.41) is 0. The largest absolute Gasteiger partial charge is 0.462 e. The van der Waals surface area contributed by atoms with Crippen LogP contribution in [0.25, 0.3) is 0 Å². The standard InChI is InChI=1S/C58H102O6/c1-4-7-10-13-16-19-22-25-27-28-29-30-32-34-37-40-43-46-49-52-58(61)64-55(53-62-56(59)50-47-44-41-38-35-24-21-18-15-12-9-6-3)54-63-57(60)51-48-45-42-39-36-33-31-26-23-20-17-14-11-8-5-2/h16,19-20,23,25,27,29-30,34,37,55H,4-15,17-18,21-22,24,26,28,31-33,35-36,38-54H2,1-3H3/b19-16-,23-20-,27-25-,30-29-,37-34-/t55-/m0/s1. The predicted octanol–water partition coefficient (Wildman–Crippen LogP) is 18.0. The van der Waals surface area contributed by atoms with Gasteiger partial charge in [-0.2, -0.15) is 0 Å². The molecule has 0 radical (unpaired) electrons. The van der Waals surface area contributed by atoms with Crippen molar-refractivity contribution in [1.29, 1.82) is 0 Å². The highest BCUT2D eigenvalue weighted by atomic mass is 16.6. The van der Waals surface area contributed by atoms with Crippen LogP contribution in [-0.2, 0) is 28.6 Å². The number of rotatable bonds is 49. The number of allylic oxidation sites excluding steroid dienone is 10. The van der Waals surface area contributed by atoms with Crippen LogP contribution in [0.15, 0.2) is 60.8 Å². The van der Waals surface area contributed by atoms with Crippen molar-refractivity contribution in [1.82, 2.24) is 0 Å². The van der Waals surface area contributed by atoms with Crippen LogP contribution < -0.4 is 0 Å². The summed E-state index contributed by atoms with van der Waals surface area (Å²) in [7, 11) is 0. The Morgan fingerprint density at radius 2 is 0.562 bits per heavy atom. The van der Waals surface area contributed by atoms with Crippen molar-refractivity contribution in [3.8, 4) is 0 Å². The number of unbranched alkanes of at least 4 members (excludes halogenated alkanes) is 28. The monoisotopic (exact) mass is 895 g/mol.